The first-order valence-electron chi connectivity index (χ1n) is 15.5. The largest absolute Gasteiger partial charge is 0.265 e. The standard InChI is InChI=1S/C43H27N3/c1-3-15-36-34(13-1)35-14-2-4-16-37(35)42-41(36)38-17-5-6-18-39(38)46-43(42)33-12-8-11-31(26-33)29-9-7-10-30(25-29)32-21-24-45-40(27-32)28-19-22-44-23-20-28/h1-27H. The van der Waals surface area contributed by atoms with Crippen LogP contribution in [0.3, 0.4) is 0 Å². The van der Waals surface area contributed by atoms with Gasteiger partial charge < -0.3 is 0 Å². The van der Waals surface area contributed by atoms with Crippen LogP contribution in [0.15, 0.2) is 164 Å². The maximum absolute atomic E-state index is 5.36. The number of benzene rings is 6. The van der Waals surface area contributed by atoms with Crippen molar-refractivity contribution >= 4 is 43.2 Å². The first-order chi connectivity index (χ1) is 22.8. The van der Waals surface area contributed by atoms with Crippen LogP contribution in [-0.4, -0.2) is 15.0 Å². The van der Waals surface area contributed by atoms with Crippen LogP contribution < -0.4 is 0 Å². The summed E-state index contributed by atoms with van der Waals surface area (Å²) in [6.45, 7) is 0. The second-order valence-corrected chi connectivity index (χ2v) is 11.6. The average Bonchev–Trinajstić information content (AvgIpc) is 3.15. The minimum Gasteiger partial charge on any atom is -0.265 e. The van der Waals surface area contributed by atoms with Crippen LogP contribution in [0, 0.1) is 0 Å². The molecule has 0 aliphatic heterocycles. The lowest BCUT2D eigenvalue weighted by molar-refractivity contribution is 1.29. The van der Waals surface area contributed by atoms with Gasteiger partial charge in [0, 0.05) is 45.9 Å². The van der Waals surface area contributed by atoms with Gasteiger partial charge in [-0.15, -0.1) is 0 Å². The minimum absolute atomic E-state index is 0.932. The van der Waals surface area contributed by atoms with Crippen LogP contribution in [0.2, 0.25) is 0 Å². The molecule has 0 fully saturated rings. The second kappa shape index (κ2) is 10.8. The number of aromatic nitrogens is 3. The molecule has 0 unspecified atom stereocenters. The number of rotatable bonds is 4. The summed E-state index contributed by atoms with van der Waals surface area (Å²) >= 11 is 0. The summed E-state index contributed by atoms with van der Waals surface area (Å²) in [5, 5.41) is 8.61. The van der Waals surface area contributed by atoms with Gasteiger partial charge in [-0.2, -0.15) is 0 Å². The van der Waals surface area contributed by atoms with Gasteiger partial charge in [0.25, 0.3) is 0 Å². The molecule has 0 bridgehead atoms. The quantitative estimate of drug-likeness (QED) is 0.193. The fourth-order valence-electron chi connectivity index (χ4n) is 6.85. The van der Waals surface area contributed by atoms with Crippen molar-refractivity contribution in [3.63, 3.8) is 0 Å². The highest BCUT2D eigenvalue weighted by molar-refractivity contribution is 6.33. The molecule has 9 rings (SSSR count). The highest BCUT2D eigenvalue weighted by Crippen LogP contribution is 2.43. The smallest absolute Gasteiger partial charge is 0.0794 e. The molecule has 0 aliphatic carbocycles. The van der Waals surface area contributed by atoms with E-state index in [-0.39, 0.29) is 0 Å². The summed E-state index contributed by atoms with van der Waals surface area (Å²) in [6.07, 6.45) is 5.48. The zero-order valence-corrected chi connectivity index (χ0v) is 24.9. The van der Waals surface area contributed by atoms with Crippen molar-refractivity contribution in [3.8, 4) is 44.8 Å². The Kier molecular flexibility index (Phi) is 6.14. The van der Waals surface area contributed by atoms with Crippen LogP contribution in [0.25, 0.3) is 88.0 Å². The molecule has 46 heavy (non-hydrogen) atoms. The first-order valence-corrected chi connectivity index (χ1v) is 15.5. The maximum atomic E-state index is 5.36. The molecule has 6 aromatic carbocycles. The Bertz CT molecular complexity index is 2590. The Morgan fingerprint density at radius 2 is 0.870 bits per heavy atom. The van der Waals surface area contributed by atoms with Gasteiger partial charge in [-0.1, -0.05) is 103 Å². The molecule has 0 spiro atoms. The molecular weight excluding hydrogens is 558 g/mol. The Morgan fingerprint density at radius 1 is 0.348 bits per heavy atom. The van der Waals surface area contributed by atoms with E-state index in [1.165, 1.54) is 37.7 Å². The normalized spacial score (nSPS) is 11.5. The van der Waals surface area contributed by atoms with E-state index in [1.807, 2.05) is 18.3 Å². The number of fused-ring (bicyclic) bond motifs is 8. The molecule has 0 N–H and O–H groups in total. The van der Waals surface area contributed by atoms with Gasteiger partial charge >= 0.3 is 0 Å². The number of nitrogens with zero attached hydrogens (tertiary/aromatic N) is 3. The van der Waals surface area contributed by atoms with Crippen molar-refractivity contribution < 1.29 is 0 Å². The highest BCUT2D eigenvalue weighted by Gasteiger charge is 2.17. The third-order valence-electron chi connectivity index (χ3n) is 8.98. The third-order valence-corrected chi connectivity index (χ3v) is 8.98. The van der Waals surface area contributed by atoms with E-state index in [4.69, 9.17) is 4.98 Å². The van der Waals surface area contributed by atoms with Crippen LogP contribution in [0.4, 0.5) is 0 Å². The van der Waals surface area contributed by atoms with Crippen molar-refractivity contribution in [2.24, 2.45) is 0 Å². The second-order valence-electron chi connectivity index (χ2n) is 11.6. The van der Waals surface area contributed by atoms with Gasteiger partial charge in [-0.25, -0.2) is 4.98 Å². The van der Waals surface area contributed by atoms with E-state index in [0.717, 1.165) is 50.3 Å². The molecule has 3 heteroatoms. The Hall–Kier alpha value is -6.19. The molecule has 3 aromatic heterocycles. The number of para-hydroxylation sites is 1. The molecule has 0 atom stereocenters. The summed E-state index contributed by atoms with van der Waals surface area (Å²) < 4.78 is 0. The molecule has 3 heterocycles. The van der Waals surface area contributed by atoms with Gasteiger partial charge in [-0.3, -0.25) is 9.97 Å². The topological polar surface area (TPSA) is 38.7 Å². The predicted octanol–water partition coefficient (Wildman–Crippen LogP) is 11.2. The van der Waals surface area contributed by atoms with E-state index in [0.29, 0.717) is 0 Å². The molecule has 0 radical (unpaired) electrons. The van der Waals surface area contributed by atoms with Gasteiger partial charge in [0.15, 0.2) is 0 Å². The van der Waals surface area contributed by atoms with Crippen molar-refractivity contribution in [2.45, 2.75) is 0 Å². The number of hydrogen-bond acceptors (Lipinski definition) is 3. The molecule has 0 aliphatic rings. The van der Waals surface area contributed by atoms with E-state index in [1.54, 1.807) is 12.4 Å². The van der Waals surface area contributed by atoms with Crippen molar-refractivity contribution in [1.82, 2.24) is 15.0 Å². The van der Waals surface area contributed by atoms with Crippen LogP contribution in [0.5, 0.6) is 0 Å². The van der Waals surface area contributed by atoms with E-state index < -0.39 is 0 Å². The number of hydrogen-bond donors (Lipinski definition) is 0. The Balaban J connectivity index is 1.24. The zero-order chi connectivity index (χ0) is 30.5. The molecule has 0 saturated carbocycles. The maximum Gasteiger partial charge on any atom is 0.0794 e. The molecule has 0 amide bonds. The minimum atomic E-state index is 0.932. The van der Waals surface area contributed by atoms with Crippen molar-refractivity contribution in [3.05, 3.63) is 164 Å². The van der Waals surface area contributed by atoms with E-state index >= 15 is 0 Å². The monoisotopic (exact) mass is 585 g/mol. The summed E-state index contributed by atoms with van der Waals surface area (Å²) in [5.41, 5.74) is 9.66. The average molecular weight is 586 g/mol. The number of pyridine rings is 3. The lowest BCUT2D eigenvalue weighted by Crippen LogP contribution is -1.93. The van der Waals surface area contributed by atoms with Gasteiger partial charge in [-0.05, 0) is 86.3 Å². The SMILES string of the molecule is c1cc(-c2cccc(-c3nc4ccccc4c4c5ccccc5c5ccccc5c34)c2)cc(-c2ccnc(-c3ccncc3)c2)c1. The molecule has 214 valence electrons. The van der Waals surface area contributed by atoms with Crippen molar-refractivity contribution in [1.29, 1.82) is 0 Å². The fourth-order valence-corrected chi connectivity index (χ4v) is 6.85. The fraction of sp³-hybridized carbons (Fsp3) is 0. The van der Waals surface area contributed by atoms with Crippen molar-refractivity contribution in [2.75, 3.05) is 0 Å². The molecule has 0 saturated heterocycles. The zero-order valence-electron chi connectivity index (χ0n) is 24.9. The molecular formula is C43H27N3. The molecule has 9 aromatic rings. The third kappa shape index (κ3) is 4.33. The Labute approximate surface area is 266 Å². The lowest BCUT2D eigenvalue weighted by Gasteiger charge is -2.16. The lowest BCUT2D eigenvalue weighted by atomic mass is 9.89. The predicted molar refractivity (Wildman–Crippen MR) is 192 cm³/mol. The molecule has 3 nitrogen and oxygen atoms in total. The summed E-state index contributed by atoms with van der Waals surface area (Å²) in [4.78, 5) is 14.1. The summed E-state index contributed by atoms with van der Waals surface area (Å²) in [7, 11) is 0. The van der Waals surface area contributed by atoms with Gasteiger partial charge in [0.05, 0.1) is 16.9 Å². The Morgan fingerprint density at radius 3 is 1.57 bits per heavy atom. The van der Waals surface area contributed by atoms with Crippen LogP contribution >= 0.6 is 0 Å². The van der Waals surface area contributed by atoms with Crippen LogP contribution in [-0.2, 0) is 0 Å². The summed E-state index contributed by atoms with van der Waals surface area (Å²) in [6, 6.07) is 51.8. The van der Waals surface area contributed by atoms with Gasteiger partial charge in [0.1, 0.15) is 0 Å². The highest BCUT2D eigenvalue weighted by atomic mass is 14.7. The summed E-state index contributed by atoms with van der Waals surface area (Å²) in [5.74, 6) is 0. The first kappa shape index (κ1) is 26.2. The van der Waals surface area contributed by atoms with Gasteiger partial charge in [0.2, 0.25) is 0 Å². The van der Waals surface area contributed by atoms with E-state index in [2.05, 4.69) is 143 Å². The van der Waals surface area contributed by atoms with Crippen LogP contribution in [0.1, 0.15) is 0 Å². The van der Waals surface area contributed by atoms with E-state index in [9.17, 15) is 0 Å².